The Kier molecular flexibility index (Phi) is 5.69. The van der Waals surface area contributed by atoms with Gasteiger partial charge in [-0.05, 0) is 35.7 Å². The summed E-state index contributed by atoms with van der Waals surface area (Å²) >= 11 is 0. The number of anilines is 1. The number of nitrogens with zero attached hydrogens (tertiary/aromatic N) is 2. The maximum absolute atomic E-state index is 12.3. The minimum atomic E-state index is -3.34. The van der Waals surface area contributed by atoms with Crippen LogP contribution in [0.15, 0.2) is 48.5 Å². The molecule has 1 aliphatic rings. The second kappa shape index (κ2) is 8.02. The lowest BCUT2D eigenvalue weighted by Gasteiger charge is -2.17. The van der Waals surface area contributed by atoms with Crippen LogP contribution in [0.4, 0.5) is 5.69 Å². The highest BCUT2D eigenvalue weighted by molar-refractivity contribution is 7.92. The Morgan fingerprint density at radius 3 is 2.54 bits per heavy atom. The molecule has 0 fully saturated rings. The number of carbonyl (C=O) groups excluding carboxylic acids is 2. The zero-order chi connectivity index (χ0) is 20.3. The Morgan fingerprint density at radius 2 is 1.86 bits per heavy atom. The summed E-state index contributed by atoms with van der Waals surface area (Å²) in [6.45, 7) is 0.432. The van der Waals surface area contributed by atoms with E-state index in [9.17, 15) is 18.0 Å². The summed E-state index contributed by atoms with van der Waals surface area (Å²) < 4.78 is 30.0. The van der Waals surface area contributed by atoms with Gasteiger partial charge in [0.05, 0.1) is 17.5 Å². The number of fused-ring (bicyclic) bond motifs is 1. The molecule has 0 spiro atoms. The predicted octanol–water partition coefficient (Wildman–Crippen LogP) is 1.82. The summed E-state index contributed by atoms with van der Waals surface area (Å²) in [6.07, 6.45) is 1.68. The molecule has 0 unspecified atom stereocenters. The van der Waals surface area contributed by atoms with Crippen LogP contribution in [0.5, 0.6) is 0 Å². The lowest BCUT2D eigenvalue weighted by molar-refractivity contribution is -0.133. The first kappa shape index (κ1) is 19.9. The summed E-state index contributed by atoms with van der Waals surface area (Å²) in [5, 5.41) is 0. The van der Waals surface area contributed by atoms with Crippen molar-refractivity contribution in [2.45, 2.75) is 13.0 Å². The van der Waals surface area contributed by atoms with Crippen LogP contribution in [0.25, 0.3) is 0 Å². The SMILES string of the molecule is CN(Cc1ccccc1)C(=O)COC(=O)c1ccc2c(c1)CCN2S(C)(=O)=O. The van der Waals surface area contributed by atoms with E-state index in [-0.39, 0.29) is 12.5 Å². The highest BCUT2D eigenvalue weighted by Crippen LogP contribution is 2.30. The summed E-state index contributed by atoms with van der Waals surface area (Å²) in [4.78, 5) is 26.0. The molecule has 2 aromatic carbocycles. The van der Waals surface area contributed by atoms with Crippen LogP contribution in [0.3, 0.4) is 0 Å². The van der Waals surface area contributed by atoms with Crippen molar-refractivity contribution in [1.82, 2.24) is 4.90 Å². The maximum atomic E-state index is 12.3. The van der Waals surface area contributed by atoms with Crippen LogP contribution < -0.4 is 4.31 Å². The normalized spacial score (nSPS) is 13.1. The van der Waals surface area contributed by atoms with E-state index in [1.807, 2.05) is 30.3 Å². The van der Waals surface area contributed by atoms with Crippen molar-refractivity contribution in [1.29, 1.82) is 0 Å². The van der Waals surface area contributed by atoms with E-state index < -0.39 is 16.0 Å². The number of esters is 1. The number of hydrogen-bond acceptors (Lipinski definition) is 5. The van der Waals surface area contributed by atoms with Gasteiger partial charge in [0, 0.05) is 20.1 Å². The molecule has 0 radical (unpaired) electrons. The third-order valence-electron chi connectivity index (χ3n) is 4.58. The van der Waals surface area contributed by atoms with Crippen molar-refractivity contribution in [2.75, 3.05) is 30.8 Å². The van der Waals surface area contributed by atoms with Crippen LogP contribution in [0, 0.1) is 0 Å². The van der Waals surface area contributed by atoms with Crippen molar-refractivity contribution < 1.29 is 22.7 Å². The lowest BCUT2D eigenvalue weighted by atomic mass is 10.1. The van der Waals surface area contributed by atoms with Crippen LogP contribution in [-0.4, -0.2) is 51.6 Å². The van der Waals surface area contributed by atoms with E-state index in [1.54, 1.807) is 19.2 Å². The van der Waals surface area contributed by atoms with Crippen molar-refractivity contribution in [2.24, 2.45) is 0 Å². The molecule has 0 atom stereocenters. The Morgan fingerprint density at radius 1 is 1.14 bits per heavy atom. The minimum absolute atomic E-state index is 0.299. The molecule has 8 heteroatoms. The van der Waals surface area contributed by atoms with Crippen molar-refractivity contribution in [3.05, 3.63) is 65.2 Å². The lowest BCUT2D eigenvalue weighted by Crippen LogP contribution is -2.30. The quantitative estimate of drug-likeness (QED) is 0.689. The van der Waals surface area contributed by atoms with E-state index in [0.29, 0.717) is 30.8 Å². The van der Waals surface area contributed by atoms with Gasteiger partial charge in [0.1, 0.15) is 0 Å². The minimum Gasteiger partial charge on any atom is -0.452 e. The molecule has 1 amide bonds. The van der Waals surface area contributed by atoms with Crippen LogP contribution in [0.1, 0.15) is 21.5 Å². The molecule has 0 N–H and O–H groups in total. The van der Waals surface area contributed by atoms with Gasteiger partial charge in [-0.1, -0.05) is 30.3 Å². The van der Waals surface area contributed by atoms with Crippen molar-refractivity contribution in [3.63, 3.8) is 0 Å². The molecule has 0 saturated heterocycles. The summed E-state index contributed by atoms with van der Waals surface area (Å²) in [5.74, 6) is -0.913. The van der Waals surface area contributed by atoms with Gasteiger partial charge in [0.15, 0.2) is 6.61 Å². The topological polar surface area (TPSA) is 84.0 Å². The summed E-state index contributed by atoms with van der Waals surface area (Å²) in [7, 11) is -1.69. The fourth-order valence-corrected chi connectivity index (χ4v) is 4.07. The summed E-state index contributed by atoms with van der Waals surface area (Å²) in [6, 6.07) is 14.3. The number of likely N-dealkylation sites (N-methyl/N-ethyl adjacent to an activating group) is 1. The predicted molar refractivity (Wildman–Crippen MR) is 106 cm³/mol. The van der Waals surface area contributed by atoms with Gasteiger partial charge >= 0.3 is 5.97 Å². The van der Waals surface area contributed by atoms with Crippen LogP contribution >= 0.6 is 0 Å². The van der Waals surface area contributed by atoms with Gasteiger partial charge < -0.3 is 9.64 Å². The average Bonchev–Trinajstić information content (AvgIpc) is 3.10. The molecule has 0 aliphatic carbocycles. The Balaban J connectivity index is 1.59. The highest BCUT2D eigenvalue weighted by atomic mass is 32.2. The van der Waals surface area contributed by atoms with E-state index in [0.717, 1.165) is 17.4 Å². The monoisotopic (exact) mass is 402 g/mol. The summed E-state index contributed by atoms with van der Waals surface area (Å²) in [5.41, 5.74) is 2.64. The Bertz CT molecular complexity index is 989. The zero-order valence-corrected chi connectivity index (χ0v) is 16.6. The van der Waals surface area contributed by atoms with Crippen molar-refractivity contribution in [3.8, 4) is 0 Å². The van der Waals surface area contributed by atoms with Crippen LogP contribution in [0.2, 0.25) is 0 Å². The van der Waals surface area contributed by atoms with Crippen molar-refractivity contribution >= 4 is 27.6 Å². The van der Waals surface area contributed by atoms with Gasteiger partial charge in [-0.15, -0.1) is 0 Å². The molecule has 3 rings (SSSR count). The van der Waals surface area contributed by atoms with Gasteiger partial charge in [-0.25, -0.2) is 13.2 Å². The second-order valence-corrected chi connectivity index (χ2v) is 8.65. The first-order chi connectivity index (χ1) is 13.3. The van der Waals surface area contributed by atoms with E-state index in [1.165, 1.54) is 15.3 Å². The number of sulfonamides is 1. The molecule has 7 nitrogen and oxygen atoms in total. The number of rotatable bonds is 6. The molecule has 0 saturated carbocycles. The highest BCUT2D eigenvalue weighted by Gasteiger charge is 2.27. The number of benzene rings is 2. The molecule has 2 aromatic rings. The third-order valence-corrected chi connectivity index (χ3v) is 5.76. The van der Waals surface area contributed by atoms with Gasteiger partial charge in [-0.2, -0.15) is 0 Å². The van der Waals surface area contributed by atoms with E-state index in [4.69, 9.17) is 4.74 Å². The Hall–Kier alpha value is -2.87. The first-order valence-corrected chi connectivity index (χ1v) is 10.7. The molecule has 1 heterocycles. The van der Waals surface area contributed by atoms with Gasteiger partial charge in [0.25, 0.3) is 5.91 Å². The van der Waals surface area contributed by atoms with Gasteiger partial charge in [-0.3, -0.25) is 9.10 Å². The first-order valence-electron chi connectivity index (χ1n) is 8.81. The average molecular weight is 402 g/mol. The number of carbonyl (C=O) groups is 2. The molecule has 0 bridgehead atoms. The van der Waals surface area contributed by atoms with E-state index >= 15 is 0 Å². The van der Waals surface area contributed by atoms with Crippen LogP contribution in [-0.2, 0) is 32.5 Å². The molecular formula is C20H22N2O5S. The molecule has 0 aromatic heterocycles. The fourth-order valence-electron chi connectivity index (χ4n) is 3.11. The second-order valence-electron chi connectivity index (χ2n) is 6.74. The standard InChI is InChI=1S/C20H22N2O5S/c1-21(13-15-6-4-3-5-7-15)19(23)14-27-20(24)17-8-9-18-16(12-17)10-11-22(18)28(2,25)26/h3-9,12H,10-11,13-14H2,1-2H3. The van der Waals surface area contributed by atoms with Gasteiger partial charge in [0.2, 0.25) is 10.0 Å². The van der Waals surface area contributed by atoms with E-state index in [2.05, 4.69) is 0 Å². The maximum Gasteiger partial charge on any atom is 0.338 e. The fraction of sp³-hybridized carbons (Fsp3) is 0.300. The number of amides is 1. The molecule has 148 valence electrons. The largest absolute Gasteiger partial charge is 0.452 e. The molecule has 1 aliphatic heterocycles. The number of hydrogen-bond donors (Lipinski definition) is 0. The number of ether oxygens (including phenoxy) is 1. The Labute approximate surface area is 164 Å². The molecule has 28 heavy (non-hydrogen) atoms. The molecular weight excluding hydrogens is 380 g/mol. The third kappa shape index (κ3) is 4.51. The smallest absolute Gasteiger partial charge is 0.338 e. The zero-order valence-electron chi connectivity index (χ0n) is 15.8.